The van der Waals surface area contributed by atoms with Gasteiger partial charge in [0.05, 0.1) is 40.4 Å². The molecule has 0 spiro atoms. The van der Waals surface area contributed by atoms with Gasteiger partial charge in [0, 0.05) is 47.7 Å². The van der Waals surface area contributed by atoms with Gasteiger partial charge in [-0.25, -0.2) is 12.7 Å². The highest BCUT2D eigenvalue weighted by atomic mass is 32.2. The molecule has 2 aromatic carbocycles. The van der Waals surface area contributed by atoms with E-state index in [1.165, 1.54) is 0 Å². The van der Waals surface area contributed by atoms with Crippen molar-refractivity contribution in [2.75, 3.05) is 12.8 Å². The molecule has 0 saturated heterocycles. The summed E-state index contributed by atoms with van der Waals surface area (Å²) in [6.07, 6.45) is 16.0. The first kappa shape index (κ1) is 39.8. The van der Waals surface area contributed by atoms with Crippen molar-refractivity contribution in [2.45, 2.75) is 53.5 Å². The third-order valence-electron chi connectivity index (χ3n) is 12.7. The normalized spacial score (nSPS) is 27.3. The van der Waals surface area contributed by atoms with Crippen LogP contribution >= 0.6 is 0 Å². The maximum Gasteiger partial charge on any atom is 0.214 e. The predicted molar refractivity (Wildman–Crippen MR) is 222 cm³/mol. The van der Waals surface area contributed by atoms with Crippen LogP contribution in [0.25, 0.3) is 34.4 Å². The molecule has 2 unspecified atom stereocenters. The summed E-state index contributed by atoms with van der Waals surface area (Å²) in [4.78, 5) is 9.37. The zero-order chi connectivity index (χ0) is 39.3. The van der Waals surface area contributed by atoms with E-state index in [2.05, 4.69) is 76.4 Å². The van der Waals surface area contributed by atoms with Crippen LogP contribution in [0.4, 0.5) is 0 Å². The fraction of sp³-hybridized carbons (Fsp3) is 0.383. The Labute approximate surface area is 328 Å². The predicted octanol–water partition coefficient (Wildman–Crippen LogP) is 9.95. The van der Waals surface area contributed by atoms with E-state index < -0.39 is 10.0 Å². The fourth-order valence-corrected chi connectivity index (χ4v) is 10.5. The van der Waals surface area contributed by atoms with Gasteiger partial charge in [0.25, 0.3) is 0 Å². The molecule has 2 aliphatic carbocycles. The molecule has 0 aliphatic heterocycles. The van der Waals surface area contributed by atoms with Crippen LogP contribution in [0.3, 0.4) is 0 Å². The summed E-state index contributed by atoms with van der Waals surface area (Å²) < 4.78 is 30.4. The largest absolute Gasteiger partial charge is 0.256 e. The number of rotatable bonds is 10. The van der Waals surface area contributed by atoms with Gasteiger partial charge < -0.3 is 0 Å². The molecule has 0 amide bonds. The monoisotopic (exact) mass is 750 g/mol. The van der Waals surface area contributed by atoms with Crippen molar-refractivity contribution in [2.24, 2.45) is 47.3 Å². The molecule has 6 rings (SSSR count). The van der Waals surface area contributed by atoms with Gasteiger partial charge in [-0.3, -0.25) is 9.97 Å². The minimum absolute atomic E-state index is 0.0541. The Balaban J connectivity index is 1.15. The molecule has 2 aromatic heterocycles. The summed E-state index contributed by atoms with van der Waals surface area (Å²) in [5.74, 6) is 1.78. The van der Waals surface area contributed by atoms with Gasteiger partial charge in [0.2, 0.25) is 10.0 Å². The summed E-state index contributed by atoms with van der Waals surface area (Å²) in [6.45, 7) is 11.2. The van der Waals surface area contributed by atoms with Gasteiger partial charge in [0.15, 0.2) is 0 Å². The van der Waals surface area contributed by atoms with Gasteiger partial charge in [-0.1, -0.05) is 95.3 Å². The third-order valence-corrected chi connectivity index (χ3v) is 14.7. The highest BCUT2D eigenvalue weighted by Gasteiger charge is 2.44. The van der Waals surface area contributed by atoms with E-state index in [9.17, 15) is 18.9 Å². The topological polar surface area (TPSA) is 111 Å². The molecule has 0 bridgehead atoms. The molecule has 2 fully saturated rings. The molecule has 2 aliphatic rings. The number of benzene rings is 2. The Bertz CT molecular complexity index is 2200. The van der Waals surface area contributed by atoms with E-state index in [4.69, 9.17) is 4.98 Å². The number of hydrogen-bond acceptors (Lipinski definition) is 6. The summed E-state index contributed by atoms with van der Waals surface area (Å²) >= 11 is 0. The Morgan fingerprint density at radius 3 is 1.73 bits per heavy atom. The lowest BCUT2D eigenvalue weighted by Gasteiger charge is -2.46. The van der Waals surface area contributed by atoms with Crippen LogP contribution < -0.4 is 0 Å². The Morgan fingerprint density at radius 2 is 1.22 bits per heavy atom. The highest BCUT2D eigenvalue weighted by molar-refractivity contribution is 7.89. The van der Waals surface area contributed by atoms with E-state index in [1.54, 1.807) is 17.5 Å². The van der Waals surface area contributed by atoms with Crippen LogP contribution in [0.2, 0.25) is 0 Å². The van der Waals surface area contributed by atoms with Gasteiger partial charge in [-0.15, -0.1) is 0 Å². The Morgan fingerprint density at radius 1 is 0.709 bits per heavy atom. The van der Waals surface area contributed by atoms with Crippen molar-refractivity contribution in [1.29, 1.82) is 10.5 Å². The van der Waals surface area contributed by atoms with Crippen LogP contribution in [-0.4, -0.2) is 41.5 Å². The molecule has 7 nitrogen and oxygen atoms in total. The standard InChI is InChI=1S/C47H52N5O2S/c1-31-15-16-40(44(33(31)3)24-22-42-20-18-39(29-51-42)46-14-10-8-12-37(46)27-49)30-55(53,54)52(6)47-25-32(2)34(4)43(35(47)5)23-21-41-19-17-38(28-50-41)45-13-9-7-11-36(45)26-48/h7-14,16-24,28-29,31-35,40,43-44,47H,15,25,30H2,1-6H3/b23-21+,24-22+/t31-,32-,33+,34+,35?,40+,43-,44-,47?/m0/s1. The molecule has 9 atom stereocenters. The van der Waals surface area contributed by atoms with Crippen molar-refractivity contribution in [1.82, 2.24) is 14.3 Å². The average Bonchev–Trinajstić information content (AvgIpc) is 3.20. The number of hydrogen-bond donors (Lipinski definition) is 0. The molecule has 2 heterocycles. The molecule has 283 valence electrons. The number of pyridine rings is 2. The zero-order valence-corrected chi connectivity index (χ0v) is 33.6. The number of sulfonamides is 1. The molecule has 1 radical (unpaired) electrons. The van der Waals surface area contributed by atoms with Crippen LogP contribution in [0.15, 0.2) is 97.3 Å². The summed E-state index contributed by atoms with van der Waals surface area (Å²) in [6, 6.07) is 27.4. The van der Waals surface area contributed by atoms with Crippen LogP contribution in [0, 0.1) is 76.4 Å². The quantitative estimate of drug-likeness (QED) is 0.160. The second-order valence-corrected chi connectivity index (χ2v) is 18.0. The lowest BCUT2D eigenvalue weighted by atomic mass is 9.66. The van der Waals surface area contributed by atoms with Gasteiger partial charge in [-0.2, -0.15) is 10.5 Å². The van der Waals surface area contributed by atoms with Gasteiger partial charge in [0.1, 0.15) is 0 Å². The Hall–Kier alpha value is -4.89. The average molecular weight is 751 g/mol. The van der Waals surface area contributed by atoms with E-state index in [1.807, 2.05) is 85.1 Å². The summed E-state index contributed by atoms with van der Waals surface area (Å²) in [5.41, 5.74) is 6.37. The number of aromatic nitrogens is 2. The van der Waals surface area contributed by atoms with Crippen LogP contribution in [-0.2, 0) is 10.0 Å². The number of allylic oxidation sites excluding steroid dienone is 2. The zero-order valence-electron chi connectivity index (χ0n) is 32.7. The first-order chi connectivity index (χ1) is 26.4. The van der Waals surface area contributed by atoms with E-state index in [0.717, 1.165) is 46.5 Å². The van der Waals surface area contributed by atoms with E-state index >= 15 is 0 Å². The summed E-state index contributed by atoms with van der Waals surface area (Å²) in [7, 11) is -1.81. The lowest BCUT2D eigenvalue weighted by molar-refractivity contribution is 0.0847. The molecule has 8 heteroatoms. The first-order valence-electron chi connectivity index (χ1n) is 19.5. The maximum absolute atomic E-state index is 14.3. The van der Waals surface area contributed by atoms with Crippen molar-refractivity contribution in [3.63, 3.8) is 0 Å². The number of nitrogens with zero attached hydrogens (tertiary/aromatic N) is 5. The third kappa shape index (κ3) is 8.83. The lowest BCUT2D eigenvalue weighted by Crippen LogP contribution is -2.51. The van der Waals surface area contributed by atoms with E-state index in [-0.39, 0.29) is 35.5 Å². The molecule has 4 aromatic rings. The fourth-order valence-electron chi connectivity index (χ4n) is 8.76. The van der Waals surface area contributed by atoms with Gasteiger partial charge >= 0.3 is 0 Å². The molecule has 55 heavy (non-hydrogen) atoms. The van der Waals surface area contributed by atoms with Crippen molar-refractivity contribution >= 4 is 22.2 Å². The SMILES string of the molecule is CC1C(N(C)S(=O)(=O)C[C@H]2[CH]C[C@H](C)[C@@H](C)[C@@H]2/C=C/c2ccc(-c3ccccc3C#N)cn2)C[C@H](C)[C@@H](C)[C@@H]1/C=C/c1ccc(-c2ccccc2C#N)cn1. The number of nitriles is 2. The van der Waals surface area contributed by atoms with Crippen molar-refractivity contribution in [3.05, 3.63) is 126 Å². The molecule has 2 saturated carbocycles. The minimum Gasteiger partial charge on any atom is -0.256 e. The van der Waals surface area contributed by atoms with Crippen molar-refractivity contribution < 1.29 is 8.42 Å². The van der Waals surface area contributed by atoms with Crippen molar-refractivity contribution in [3.8, 4) is 34.4 Å². The maximum atomic E-state index is 14.3. The van der Waals surface area contributed by atoms with Crippen LogP contribution in [0.1, 0.15) is 70.0 Å². The van der Waals surface area contributed by atoms with E-state index in [0.29, 0.717) is 34.8 Å². The van der Waals surface area contributed by atoms with Crippen LogP contribution in [0.5, 0.6) is 0 Å². The molecule has 0 N–H and O–H groups in total. The van der Waals surface area contributed by atoms with Gasteiger partial charge in [-0.05, 0) is 103 Å². The second kappa shape index (κ2) is 17.3. The first-order valence-corrected chi connectivity index (χ1v) is 21.1. The highest BCUT2D eigenvalue weighted by Crippen LogP contribution is 2.44. The summed E-state index contributed by atoms with van der Waals surface area (Å²) in [5, 5.41) is 19.1. The Kier molecular flexibility index (Phi) is 12.5. The smallest absolute Gasteiger partial charge is 0.214 e. The molecular formula is C47H52N5O2S. The minimum atomic E-state index is -3.59. The molecular weight excluding hydrogens is 699 g/mol. The second-order valence-electron chi connectivity index (χ2n) is 15.9.